The van der Waals surface area contributed by atoms with Crippen molar-refractivity contribution in [2.45, 2.75) is 19.6 Å². The van der Waals surface area contributed by atoms with Gasteiger partial charge in [-0.05, 0) is 119 Å². The quantitative estimate of drug-likeness (QED) is 0.144. The second-order valence-electron chi connectivity index (χ2n) is 16.1. The molecule has 2 aromatic heterocycles. The Bertz CT molecular complexity index is 3550. The Morgan fingerprint density at radius 1 is 0.254 bits per heavy atom. The first-order chi connectivity index (χ1) is 31.3. The number of nitrogens with zero attached hydrogens (tertiary/aromatic N) is 2. The zero-order valence-electron chi connectivity index (χ0n) is 34.6. The highest BCUT2D eigenvalue weighted by Gasteiger charge is 2.33. The molecule has 298 valence electrons. The lowest BCUT2D eigenvalue weighted by molar-refractivity contribution is 1.15. The molecule has 12 aromatic rings. The second kappa shape index (κ2) is 15.3. The van der Waals surface area contributed by atoms with Crippen molar-refractivity contribution >= 4 is 53.6 Å². The van der Waals surface area contributed by atoms with Crippen LogP contribution in [0.3, 0.4) is 0 Å². The molecule has 0 saturated heterocycles. The summed E-state index contributed by atoms with van der Waals surface area (Å²) in [5, 5.41) is 4.99. The van der Waals surface area contributed by atoms with Crippen LogP contribution in [-0.2, 0) is 0 Å². The predicted molar refractivity (Wildman–Crippen MR) is 266 cm³/mol. The molecule has 0 aliphatic carbocycles. The average molecular weight is 823 g/mol. The zero-order valence-corrected chi connectivity index (χ0v) is 35.4. The van der Waals surface area contributed by atoms with E-state index in [0.717, 1.165) is 11.4 Å². The Morgan fingerprint density at radius 2 is 0.714 bits per heavy atom. The summed E-state index contributed by atoms with van der Waals surface area (Å²) in [6, 6.07) is 93.8. The van der Waals surface area contributed by atoms with E-state index in [1.165, 1.54) is 85.4 Å². The number of hydrogen-bond donors (Lipinski definition) is 0. The topological polar surface area (TPSA) is 9.86 Å². The minimum absolute atomic E-state index is 1.13. The summed E-state index contributed by atoms with van der Waals surface area (Å²) >= 11 is 0. The standard InChI is InChI=1S/C60H42N2S/c1-5-19-43(20-6-1)45-23-17-28-51(41-45)63(48-24-9-3-10-25-48,49-26-11-4-12-27-49)50-38-35-46(36-39-50)61-56-32-15-13-29-53(56)55-42-47(37-40-58(55)61)62-57-33-16-14-30-54(57)60-52(31-18-34-59(60)62)44-21-7-2-8-22-44/h1-42H. The summed E-state index contributed by atoms with van der Waals surface area (Å²) in [5.41, 5.74) is 12.0. The van der Waals surface area contributed by atoms with Crippen LogP contribution in [0.15, 0.2) is 274 Å². The van der Waals surface area contributed by atoms with Crippen LogP contribution in [0, 0.1) is 0 Å². The summed E-state index contributed by atoms with van der Waals surface area (Å²) in [6.07, 6.45) is 0. The highest BCUT2D eigenvalue weighted by Crippen LogP contribution is 2.73. The van der Waals surface area contributed by atoms with E-state index in [2.05, 4.69) is 264 Å². The molecule has 0 saturated carbocycles. The molecule has 0 amide bonds. The molecule has 0 aliphatic heterocycles. The van der Waals surface area contributed by atoms with Crippen LogP contribution >= 0.6 is 10.0 Å². The van der Waals surface area contributed by atoms with Crippen molar-refractivity contribution < 1.29 is 0 Å². The van der Waals surface area contributed by atoms with Gasteiger partial charge in [0.25, 0.3) is 0 Å². The lowest BCUT2D eigenvalue weighted by Crippen LogP contribution is -2.06. The van der Waals surface area contributed by atoms with Crippen molar-refractivity contribution in [3.63, 3.8) is 0 Å². The van der Waals surface area contributed by atoms with Crippen LogP contribution in [0.2, 0.25) is 0 Å². The molecule has 2 nitrogen and oxygen atoms in total. The number of hydrogen-bond acceptors (Lipinski definition) is 0. The first-order valence-electron chi connectivity index (χ1n) is 21.6. The van der Waals surface area contributed by atoms with Gasteiger partial charge < -0.3 is 9.13 Å². The number of rotatable bonds is 8. The van der Waals surface area contributed by atoms with E-state index < -0.39 is 10.0 Å². The normalized spacial score (nSPS) is 12.1. The van der Waals surface area contributed by atoms with Crippen LogP contribution < -0.4 is 0 Å². The number of para-hydroxylation sites is 2. The van der Waals surface area contributed by atoms with E-state index in [4.69, 9.17) is 0 Å². The third kappa shape index (κ3) is 5.96. The Hall–Kier alpha value is -7.85. The van der Waals surface area contributed by atoms with E-state index in [9.17, 15) is 0 Å². The molecular formula is C60H42N2S. The van der Waals surface area contributed by atoms with Crippen molar-refractivity contribution in [3.8, 4) is 33.6 Å². The van der Waals surface area contributed by atoms with E-state index in [0.29, 0.717) is 0 Å². The van der Waals surface area contributed by atoms with E-state index >= 15 is 0 Å². The zero-order chi connectivity index (χ0) is 41.7. The van der Waals surface area contributed by atoms with Crippen LogP contribution in [0.25, 0.3) is 77.2 Å². The van der Waals surface area contributed by atoms with E-state index in [1.54, 1.807) is 0 Å². The Morgan fingerprint density at radius 3 is 1.40 bits per heavy atom. The van der Waals surface area contributed by atoms with Gasteiger partial charge in [0, 0.05) is 52.5 Å². The van der Waals surface area contributed by atoms with Gasteiger partial charge in [0.1, 0.15) is 0 Å². The first-order valence-corrected chi connectivity index (χ1v) is 23.2. The average Bonchev–Trinajstić information content (AvgIpc) is 3.88. The lowest BCUT2D eigenvalue weighted by Gasteiger charge is -2.42. The van der Waals surface area contributed by atoms with Gasteiger partial charge in [0.2, 0.25) is 0 Å². The molecule has 0 unspecified atom stereocenters. The lowest BCUT2D eigenvalue weighted by atomic mass is 9.99. The fourth-order valence-corrected chi connectivity index (χ4v) is 13.8. The number of benzene rings is 10. The van der Waals surface area contributed by atoms with Crippen molar-refractivity contribution in [2.24, 2.45) is 0 Å². The first kappa shape index (κ1) is 37.0. The second-order valence-corrected chi connectivity index (χ2v) is 19.2. The molecule has 0 fully saturated rings. The molecule has 12 rings (SSSR count). The molecule has 10 aromatic carbocycles. The van der Waals surface area contributed by atoms with Crippen LogP contribution in [0.5, 0.6) is 0 Å². The third-order valence-corrected chi connectivity index (χ3v) is 16.5. The highest BCUT2D eigenvalue weighted by atomic mass is 32.3. The van der Waals surface area contributed by atoms with Crippen molar-refractivity contribution in [2.75, 3.05) is 0 Å². The fourth-order valence-electron chi connectivity index (χ4n) is 9.90. The van der Waals surface area contributed by atoms with Crippen LogP contribution in [0.1, 0.15) is 0 Å². The number of aromatic nitrogens is 2. The molecular weight excluding hydrogens is 781 g/mol. The monoisotopic (exact) mass is 822 g/mol. The fraction of sp³-hybridized carbons (Fsp3) is 0. The molecule has 63 heavy (non-hydrogen) atoms. The summed E-state index contributed by atoms with van der Waals surface area (Å²) < 4.78 is 4.88. The molecule has 3 heteroatoms. The molecule has 0 N–H and O–H groups in total. The van der Waals surface area contributed by atoms with Crippen LogP contribution in [0.4, 0.5) is 0 Å². The summed E-state index contributed by atoms with van der Waals surface area (Å²) in [6.45, 7) is 0. The van der Waals surface area contributed by atoms with Gasteiger partial charge in [0.05, 0.1) is 22.1 Å². The van der Waals surface area contributed by atoms with Crippen LogP contribution in [-0.4, -0.2) is 9.13 Å². The minimum atomic E-state index is -1.91. The molecule has 2 heterocycles. The minimum Gasteiger partial charge on any atom is -0.309 e. The molecule has 0 atom stereocenters. The number of fused-ring (bicyclic) bond motifs is 6. The van der Waals surface area contributed by atoms with Crippen molar-refractivity contribution in [1.82, 2.24) is 9.13 Å². The maximum absolute atomic E-state index is 2.44. The summed E-state index contributed by atoms with van der Waals surface area (Å²) in [4.78, 5) is 5.21. The van der Waals surface area contributed by atoms with Gasteiger partial charge in [0.15, 0.2) is 0 Å². The summed E-state index contributed by atoms with van der Waals surface area (Å²) in [5.74, 6) is 0. The Kier molecular flexibility index (Phi) is 8.95. The van der Waals surface area contributed by atoms with Gasteiger partial charge >= 0.3 is 0 Å². The largest absolute Gasteiger partial charge is 0.309 e. The SMILES string of the molecule is c1ccc(-c2cccc(S(c3ccccc3)(c3ccccc3)c3ccc(-n4c5ccccc5c5cc(-n6c7ccccc7c7c(-c8ccccc8)cccc76)ccc54)cc3)c2)cc1. The van der Waals surface area contributed by atoms with Crippen molar-refractivity contribution in [3.05, 3.63) is 255 Å². The van der Waals surface area contributed by atoms with Crippen molar-refractivity contribution in [1.29, 1.82) is 0 Å². The van der Waals surface area contributed by atoms with Gasteiger partial charge in [-0.15, -0.1) is 10.0 Å². The molecule has 0 radical (unpaired) electrons. The maximum atomic E-state index is 2.44. The maximum Gasteiger partial charge on any atom is 0.0547 e. The smallest absolute Gasteiger partial charge is 0.0547 e. The Labute approximate surface area is 368 Å². The van der Waals surface area contributed by atoms with E-state index in [1.807, 2.05) is 0 Å². The predicted octanol–water partition coefficient (Wildman–Crippen LogP) is 16.6. The van der Waals surface area contributed by atoms with Gasteiger partial charge in [-0.3, -0.25) is 0 Å². The summed E-state index contributed by atoms with van der Waals surface area (Å²) in [7, 11) is -1.91. The van der Waals surface area contributed by atoms with Gasteiger partial charge in [-0.2, -0.15) is 0 Å². The van der Waals surface area contributed by atoms with E-state index in [-0.39, 0.29) is 0 Å². The molecule has 0 aliphatic rings. The Balaban J connectivity index is 1.04. The van der Waals surface area contributed by atoms with Gasteiger partial charge in [-0.25, -0.2) is 0 Å². The molecule has 0 bridgehead atoms. The molecule has 0 spiro atoms. The highest BCUT2D eigenvalue weighted by molar-refractivity contribution is 8.34. The van der Waals surface area contributed by atoms with Gasteiger partial charge in [-0.1, -0.05) is 158 Å². The third-order valence-electron chi connectivity index (χ3n) is 12.6.